The Morgan fingerprint density at radius 3 is 2.31 bits per heavy atom. The van der Waals surface area contributed by atoms with Gasteiger partial charge in [0.15, 0.2) is 0 Å². The van der Waals surface area contributed by atoms with E-state index in [9.17, 15) is 5.21 Å². The maximum atomic E-state index is 12.2. The van der Waals surface area contributed by atoms with Crippen LogP contribution in [0.5, 0.6) is 0 Å². The summed E-state index contributed by atoms with van der Waals surface area (Å²) in [5.41, 5.74) is 0.749. The van der Waals surface area contributed by atoms with E-state index in [1.54, 1.807) is 11.8 Å². The molecule has 16 heavy (non-hydrogen) atoms. The van der Waals surface area contributed by atoms with Gasteiger partial charge in [-0.15, -0.1) is 11.8 Å². The Morgan fingerprint density at radius 2 is 1.81 bits per heavy atom. The van der Waals surface area contributed by atoms with Crippen LogP contribution in [0.2, 0.25) is 0 Å². The average molecular weight is 237 g/mol. The molecule has 0 atom stereocenters. The molecule has 0 saturated heterocycles. The first-order chi connectivity index (χ1) is 7.62. The monoisotopic (exact) mass is 237 g/mol. The van der Waals surface area contributed by atoms with Crippen molar-refractivity contribution in [3.63, 3.8) is 0 Å². The van der Waals surface area contributed by atoms with Crippen molar-refractivity contribution in [1.29, 1.82) is 0 Å². The van der Waals surface area contributed by atoms with Gasteiger partial charge in [-0.05, 0) is 32.6 Å². The van der Waals surface area contributed by atoms with E-state index in [1.165, 1.54) is 4.90 Å². The number of quaternary nitrogens is 1. The largest absolute Gasteiger partial charge is 0.628 e. The van der Waals surface area contributed by atoms with Crippen LogP contribution >= 0.6 is 11.8 Å². The van der Waals surface area contributed by atoms with Gasteiger partial charge >= 0.3 is 0 Å². The van der Waals surface area contributed by atoms with Gasteiger partial charge in [0.05, 0.1) is 18.8 Å². The minimum Gasteiger partial charge on any atom is -0.628 e. The highest BCUT2D eigenvalue weighted by Gasteiger charge is 2.16. The number of benzene rings is 1. The molecule has 0 saturated carbocycles. The van der Waals surface area contributed by atoms with E-state index in [0.717, 1.165) is 5.70 Å². The van der Waals surface area contributed by atoms with Crippen molar-refractivity contribution in [3.05, 3.63) is 47.8 Å². The second-order valence-electron chi connectivity index (χ2n) is 3.69. The third-order valence-corrected chi connectivity index (χ3v) is 3.83. The lowest BCUT2D eigenvalue weighted by Crippen LogP contribution is -2.40. The lowest BCUT2D eigenvalue weighted by atomic mass is 10.4. The molecule has 0 radical (unpaired) electrons. The second-order valence-corrected chi connectivity index (χ2v) is 4.74. The Balaban J connectivity index is 2.53. The van der Waals surface area contributed by atoms with Crippen LogP contribution in [-0.4, -0.2) is 23.5 Å². The van der Waals surface area contributed by atoms with Crippen molar-refractivity contribution in [2.45, 2.75) is 18.7 Å². The highest BCUT2D eigenvalue weighted by atomic mass is 32.2. The van der Waals surface area contributed by atoms with Crippen LogP contribution in [0.4, 0.5) is 0 Å². The van der Waals surface area contributed by atoms with E-state index < -0.39 is 0 Å². The molecule has 88 valence electrons. The Kier molecular flexibility index (Phi) is 5.06. The van der Waals surface area contributed by atoms with Crippen molar-refractivity contribution < 1.29 is 4.65 Å². The summed E-state index contributed by atoms with van der Waals surface area (Å²) in [4.78, 5) is 1.18. The van der Waals surface area contributed by atoms with Crippen LogP contribution in [0, 0.1) is 5.21 Å². The van der Waals surface area contributed by atoms with Gasteiger partial charge in [-0.1, -0.05) is 18.2 Å². The predicted molar refractivity (Wildman–Crippen MR) is 71.0 cm³/mol. The third kappa shape index (κ3) is 3.37. The van der Waals surface area contributed by atoms with Crippen LogP contribution < -0.4 is 0 Å². The zero-order valence-electron chi connectivity index (χ0n) is 9.98. The standard InChI is InChI=1S/C13H19NOS/c1-4-14(15,5-2)12(3)11-16-13-9-7-6-8-10-13/h6-10H,3-5,11H2,1-2H3. The fourth-order valence-electron chi connectivity index (χ4n) is 1.47. The molecule has 0 aliphatic carbocycles. The van der Waals surface area contributed by atoms with Crippen LogP contribution in [0.3, 0.4) is 0 Å². The summed E-state index contributed by atoms with van der Waals surface area (Å²) >= 11 is 1.67. The summed E-state index contributed by atoms with van der Waals surface area (Å²) in [7, 11) is 0. The third-order valence-electron chi connectivity index (χ3n) is 2.75. The molecule has 0 unspecified atom stereocenters. The van der Waals surface area contributed by atoms with Gasteiger partial charge in [0, 0.05) is 4.90 Å². The molecule has 0 aliphatic heterocycles. The first-order valence-corrected chi connectivity index (χ1v) is 6.55. The van der Waals surface area contributed by atoms with Gasteiger partial charge in [0.25, 0.3) is 0 Å². The summed E-state index contributed by atoms with van der Waals surface area (Å²) in [5.74, 6) is 0.690. The Hall–Kier alpha value is -0.770. The Morgan fingerprint density at radius 1 is 1.25 bits per heavy atom. The molecule has 3 heteroatoms. The fraction of sp³-hybridized carbons (Fsp3) is 0.385. The highest BCUT2D eigenvalue weighted by molar-refractivity contribution is 7.99. The Labute approximate surface area is 102 Å². The maximum Gasteiger partial charge on any atom is 0.112 e. The summed E-state index contributed by atoms with van der Waals surface area (Å²) in [5, 5.41) is 12.2. The molecule has 1 aromatic carbocycles. The molecular formula is C13H19NOS. The molecule has 0 amide bonds. The second kappa shape index (κ2) is 6.09. The lowest BCUT2D eigenvalue weighted by molar-refractivity contribution is -0.837. The molecule has 0 aliphatic rings. The first kappa shape index (κ1) is 13.3. The van der Waals surface area contributed by atoms with Gasteiger partial charge in [-0.25, -0.2) is 0 Å². The molecular weight excluding hydrogens is 218 g/mol. The zero-order valence-corrected chi connectivity index (χ0v) is 10.8. The van der Waals surface area contributed by atoms with E-state index in [-0.39, 0.29) is 4.65 Å². The molecule has 0 spiro atoms. The van der Waals surface area contributed by atoms with E-state index in [2.05, 4.69) is 18.7 Å². The van der Waals surface area contributed by atoms with Gasteiger partial charge in [-0.2, -0.15) is 0 Å². The normalized spacial score (nSPS) is 11.4. The smallest absolute Gasteiger partial charge is 0.112 e. The van der Waals surface area contributed by atoms with Crippen molar-refractivity contribution in [1.82, 2.24) is 0 Å². The molecule has 0 bridgehead atoms. The summed E-state index contributed by atoms with van der Waals surface area (Å²) in [6.07, 6.45) is 0. The summed E-state index contributed by atoms with van der Waals surface area (Å²) in [6.45, 7) is 8.87. The van der Waals surface area contributed by atoms with Gasteiger partial charge in [0.1, 0.15) is 5.70 Å². The molecule has 0 heterocycles. The minimum absolute atomic E-state index is 0.278. The summed E-state index contributed by atoms with van der Waals surface area (Å²) in [6, 6.07) is 10.1. The van der Waals surface area contributed by atoms with Crippen LogP contribution in [0.15, 0.2) is 47.5 Å². The summed E-state index contributed by atoms with van der Waals surface area (Å²) < 4.78 is -0.278. The SMILES string of the molecule is C=C(CSc1ccccc1)[N+]([O-])(CC)CC. The van der Waals surface area contributed by atoms with Gasteiger partial charge in [-0.3, -0.25) is 0 Å². The number of nitrogens with zero attached hydrogens (tertiary/aromatic N) is 1. The maximum absolute atomic E-state index is 12.2. The van der Waals surface area contributed by atoms with Crippen LogP contribution in [0.25, 0.3) is 0 Å². The van der Waals surface area contributed by atoms with Crippen molar-refractivity contribution >= 4 is 11.8 Å². The van der Waals surface area contributed by atoms with E-state index in [0.29, 0.717) is 18.8 Å². The predicted octanol–water partition coefficient (Wildman–Crippen LogP) is 3.65. The quantitative estimate of drug-likeness (QED) is 0.428. The van der Waals surface area contributed by atoms with E-state index in [1.807, 2.05) is 32.0 Å². The molecule has 0 aromatic heterocycles. The van der Waals surface area contributed by atoms with Crippen molar-refractivity contribution in [3.8, 4) is 0 Å². The number of hydrogen-bond donors (Lipinski definition) is 0. The van der Waals surface area contributed by atoms with E-state index in [4.69, 9.17) is 0 Å². The molecule has 0 fully saturated rings. The van der Waals surface area contributed by atoms with Gasteiger partial charge in [0.2, 0.25) is 0 Å². The Bertz CT molecular complexity index is 333. The minimum atomic E-state index is -0.278. The molecule has 0 N–H and O–H groups in total. The number of rotatable bonds is 6. The average Bonchev–Trinajstić information content (AvgIpc) is 2.36. The van der Waals surface area contributed by atoms with E-state index >= 15 is 0 Å². The molecule has 1 rings (SSSR count). The van der Waals surface area contributed by atoms with Crippen molar-refractivity contribution in [2.24, 2.45) is 0 Å². The van der Waals surface area contributed by atoms with Crippen molar-refractivity contribution in [2.75, 3.05) is 18.8 Å². The number of thioether (sulfide) groups is 1. The molecule has 2 nitrogen and oxygen atoms in total. The van der Waals surface area contributed by atoms with Crippen LogP contribution in [0.1, 0.15) is 13.8 Å². The fourth-order valence-corrected chi connectivity index (χ4v) is 2.39. The highest BCUT2D eigenvalue weighted by Crippen LogP contribution is 2.24. The van der Waals surface area contributed by atoms with Gasteiger partial charge < -0.3 is 9.85 Å². The lowest BCUT2D eigenvalue weighted by Gasteiger charge is -2.41. The number of hydroxylamine groups is 3. The first-order valence-electron chi connectivity index (χ1n) is 5.56. The molecule has 1 aromatic rings. The van der Waals surface area contributed by atoms with Crippen LogP contribution in [-0.2, 0) is 0 Å². The number of hydrogen-bond acceptors (Lipinski definition) is 2. The topological polar surface area (TPSA) is 23.1 Å². The zero-order chi connectivity index (χ0) is 12.0.